The third kappa shape index (κ3) is 0.772. The van der Waals surface area contributed by atoms with Crippen molar-refractivity contribution in [2.75, 3.05) is 0 Å². The topological polar surface area (TPSA) is 20.2 Å². The van der Waals surface area contributed by atoms with Gasteiger partial charge in [0.1, 0.15) is 5.75 Å². The summed E-state index contributed by atoms with van der Waals surface area (Å²) < 4.78 is 0. The summed E-state index contributed by atoms with van der Waals surface area (Å²) in [6.45, 7) is 0. The minimum atomic E-state index is 0.339. The molecular formula is C8H6OS. The summed E-state index contributed by atoms with van der Waals surface area (Å²) in [5, 5.41) is 15.5. The zero-order valence-electron chi connectivity index (χ0n) is 5.24. The number of hydrogen-bond acceptors (Lipinski definition) is 2. The van der Waals surface area contributed by atoms with E-state index in [1.54, 1.807) is 23.5 Å². The van der Waals surface area contributed by atoms with Crippen molar-refractivity contribution in [3.8, 4) is 5.75 Å². The number of rotatable bonds is 0. The van der Waals surface area contributed by atoms with Crippen LogP contribution in [0.5, 0.6) is 5.75 Å². The number of thiophene rings is 1. The molecule has 0 unspecified atom stereocenters. The molecule has 0 saturated heterocycles. The molecule has 0 radical (unpaired) electrons. The van der Waals surface area contributed by atoms with Gasteiger partial charge in [-0.1, -0.05) is 0 Å². The van der Waals surface area contributed by atoms with Gasteiger partial charge in [-0.2, -0.15) is 11.3 Å². The van der Waals surface area contributed by atoms with Crippen LogP contribution in [0.15, 0.2) is 29.0 Å². The Morgan fingerprint density at radius 2 is 1.90 bits per heavy atom. The first-order chi connectivity index (χ1) is 4.86. The summed E-state index contributed by atoms with van der Waals surface area (Å²) >= 11 is 1.65. The van der Waals surface area contributed by atoms with E-state index >= 15 is 0 Å². The van der Waals surface area contributed by atoms with Gasteiger partial charge in [0.05, 0.1) is 0 Å². The van der Waals surface area contributed by atoms with Gasteiger partial charge in [0.25, 0.3) is 0 Å². The molecular weight excluding hydrogens is 144 g/mol. The zero-order chi connectivity index (χ0) is 6.97. The lowest BCUT2D eigenvalue weighted by molar-refractivity contribution is 0.476. The van der Waals surface area contributed by atoms with Gasteiger partial charge in [0.15, 0.2) is 0 Å². The van der Waals surface area contributed by atoms with E-state index in [0.29, 0.717) is 5.75 Å². The van der Waals surface area contributed by atoms with Gasteiger partial charge >= 0.3 is 0 Å². The second-order valence-corrected chi connectivity index (χ2v) is 2.93. The highest BCUT2D eigenvalue weighted by atomic mass is 32.1. The smallest absolute Gasteiger partial charge is 0.116 e. The molecule has 0 aliphatic heterocycles. The number of fused-ring (bicyclic) bond motifs is 1. The molecule has 2 aromatic rings. The molecule has 10 heavy (non-hydrogen) atoms. The van der Waals surface area contributed by atoms with E-state index in [-0.39, 0.29) is 0 Å². The van der Waals surface area contributed by atoms with Gasteiger partial charge in [0, 0.05) is 0 Å². The van der Waals surface area contributed by atoms with Crippen LogP contribution in [0.3, 0.4) is 0 Å². The molecule has 0 atom stereocenters. The molecule has 1 aromatic carbocycles. The number of hydrogen-bond donors (Lipinski definition) is 1. The van der Waals surface area contributed by atoms with Crippen molar-refractivity contribution in [3.05, 3.63) is 29.0 Å². The largest absolute Gasteiger partial charge is 0.508 e. The zero-order valence-corrected chi connectivity index (χ0v) is 6.06. The van der Waals surface area contributed by atoms with Crippen molar-refractivity contribution in [1.29, 1.82) is 0 Å². The van der Waals surface area contributed by atoms with Gasteiger partial charge in [0.2, 0.25) is 0 Å². The van der Waals surface area contributed by atoms with Crippen molar-refractivity contribution in [2.24, 2.45) is 0 Å². The Kier molecular flexibility index (Phi) is 1.14. The van der Waals surface area contributed by atoms with Crippen LogP contribution in [0.25, 0.3) is 10.8 Å². The molecule has 50 valence electrons. The van der Waals surface area contributed by atoms with E-state index in [4.69, 9.17) is 5.11 Å². The van der Waals surface area contributed by atoms with Crippen molar-refractivity contribution >= 4 is 22.1 Å². The van der Waals surface area contributed by atoms with E-state index in [0.717, 1.165) is 5.39 Å². The van der Waals surface area contributed by atoms with E-state index in [2.05, 4.69) is 5.38 Å². The molecule has 0 saturated carbocycles. The normalized spacial score (nSPS) is 10.4. The molecule has 0 aliphatic rings. The van der Waals surface area contributed by atoms with E-state index < -0.39 is 0 Å². The molecule has 1 aromatic heterocycles. The average molecular weight is 150 g/mol. The maximum Gasteiger partial charge on any atom is 0.116 e. The Morgan fingerprint density at radius 3 is 2.80 bits per heavy atom. The van der Waals surface area contributed by atoms with Crippen LogP contribution in [0.2, 0.25) is 0 Å². The van der Waals surface area contributed by atoms with Crippen LogP contribution >= 0.6 is 11.3 Å². The Balaban J connectivity index is 2.86. The highest BCUT2D eigenvalue weighted by molar-refractivity contribution is 7.09. The summed E-state index contributed by atoms with van der Waals surface area (Å²) in [6, 6.07) is 5.39. The monoisotopic (exact) mass is 150 g/mol. The average Bonchev–Trinajstić information content (AvgIpc) is 2.33. The maximum absolute atomic E-state index is 9.05. The van der Waals surface area contributed by atoms with Crippen molar-refractivity contribution in [3.63, 3.8) is 0 Å². The third-order valence-corrected chi connectivity index (χ3v) is 2.24. The molecule has 2 heteroatoms. The lowest BCUT2D eigenvalue weighted by Gasteiger charge is -1.89. The van der Waals surface area contributed by atoms with Gasteiger partial charge < -0.3 is 5.11 Å². The van der Waals surface area contributed by atoms with Crippen LogP contribution in [-0.2, 0) is 0 Å². The van der Waals surface area contributed by atoms with E-state index in [9.17, 15) is 0 Å². The van der Waals surface area contributed by atoms with Gasteiger partial charge in [-0.25, -0.2) is 0 Å². The van der Waals surface area contributed by atoms with Crippen LogP contribution in [-0.4, -0.2) is 5.11 Å². The van der Waals surface area contributed by atoms with Crippen molar-refractivity contribution < 1.29 is 5.11 Å². The third-order valence-electron chi connectivity index (χ3n) is 1.46. The lowest BCUT2D eigenvalue weighted by atomic mass is 10.2. The molecule has 0 bridgehead atoms. The fourth-order valence-electron chi connectivity index (χ4n) is 0.952. The Morgan fingerprint density at radius 1 is 1.10 bits per heavy atom. The number of benzene rings is 1. The first-order valence-electron chi connectivity index (χ1n) is 3.01. The molecule has 1 heterocycles. The second-order valence-electron chi connectivity index (χ2n) is 2.19. The predicted molar refractivity (Wildman–Crippen MR) is 43.5 cm³/mol. The van der Waals surface area contributed by atoms with Crippen LogP contribution in [0, 0.1) is 0 Å². The summed E-state index contributed by atoms with van der Waals surface area (Å²) in [6.07, 6.45) is 0. The second kappa shape index (κ2) is 1.99. The van der Waals surface area contributed by atoms with Crippen LogP contribution in [0.1, 0.15) is 0 Å². The summed E-state index contributed by atoms with van der Waals surface area (Å²) in [4.78, 5) is 0. The molecule has 0 fully saturated rings. The molecule has 1 N–H and O–H groups in total. The SMILES string of the molecule is Oc1ccc2cscc2c1. The van der Waals surface area contributed by atoms with Crippen LogP contribution in [0.4, 0.5) is 0 Å². The van der Waals surface area contributed by atoms with Gasteiger partial charge in [-0.3, -0.25) is 0 Å². The number of phenolic OH excluding ortho intramolecular Hbond substituents is 1. The molecule has 1 nitrogen and oxygen atoms in total. The Bertz CT molecular complexity index is 351. The highest BCUT2D eigenvalue weighted by Crippen LogP contribution is 2.22. The minimum Gasteiger partial charge on any atom is -0.508 e. The van der Waals surface area contributed by atoms with E-state index in [1.807, 2.05) is 11.4 Å². The molecule has 0 spiro atoms. The van der Waals surface area contributed by atoms with Crippen molar-refractivity contribution in [2.45, 2.75) is 0 Å². The predicted octanol–water partition coefficient (Wildman–Crippen LogP) is 2.61. The maximum atomic E-state index is 9.05. The van der Waals surface area contributed by atoms with Gasteiger partial charge in [-0.15, -0.1) is 0 Å². The standard InChI is InChI=1S/C8H6OS/c9-8-2-1-6-4-10-5-7(6)3-8/h1-5,9H. The summed E-state index contributed by atoms with van der Waals surface area (Å²) in [5.74, 6) is 0.339. The Hall–Kier alpha value is -1.02. The summed E-state index contributed by atoms with van der Waals surface area (Å²) in [5.41, 5.74) is 0. The minimum absolute atomic E-state index is 0.339. The first-order valence-corrected chi connectivity index (χ1v) is 3.95. The highest BCUT2D eigenvalue weighted by Gasteiger charge is 1.93. The summed E-state index contributed by atoms with van der Waals surface area (Å²) in [7, 11) is 0. The van der Waals surface area contributed by atoms with E-state index in [1.165, 1.54) is 5.39 Å². The first kappa shape index (κ1) is 5.74. The number of phenols is 1. The molecule has 2 rings (SSSR count). The molecule has 0 amide bonds. The lowest BCUT2D eigenvalue weighted by Crippen LogP contribution is -1.62. The molecule has 0 aliphatic carbocycles. The quantitative estimate of drug-likeness (QED) is 0.612. The van der Waals surface area contributed by atoms with Crippen molar-refractivity contribution in [1.82, 2.24) is 0 Å². The van der Waals surface area contributed by atoms with Gasteiger partial charge in [-0.05, 0) is 39.7 Å². The number of aromatic hydroxyl groups is 1. The Labute approximate surface area is 62.5 Å². The fourth-order valence-corrected chi connectivity index (χ4v) is 1.73. The fraction of sp³-hybridized carbons (Fsp3) is 0. The van der Waals surface area contributed by atoms with Crippen LogP contribution < -0.4 is 0 Å².